The lowest BCUT2D eigenvalue weighted by Crippen LogP contribution is -2.41. The third-order valence-corrected chi connectivity index (χ3v) is 5.46. The van der Waals surface area contributed by atoms with Crippen LogP contribution in [0.2, 0.25) is 0 Å². The molecule has 1 aromatic rings. The molecule has 1 rings (SSSR count). The number of aryl methyl sites for hydroxylation is 2. The molecule has 0 aliphatic heterocycles. The van der Waals surface area contributed by atoms with Gasteiger partial charge in [-0.15, -0.1) is 11.3 Å². The molecular formula is C13H24N4O3S2. The Morgan fingerprint density at radius 2 is 2.18 bits per heavy atom. The molecule has 0 aromatic carbocycles. The van der Waals surface area contributed by atoms with Crippen molar-refractivity contribution in [3.05, 3.63) is 15.8 Å². The maximum Gasteiger partial charge on any atom is 0.241 e. The second-order valence-corrected chi connectivity index (χ2v) is 8.14. The van der Waals surface area contributed by atoms with Crippen LogP contribution in [0.4, 0.5) is 0 Å². The molecular weight excluding hydrogens is 324 g/mol. The molecule has 4 N–H and O–H groups in total. The summed E-state index contributed by atoms with van der Waals surface area (Å²) in [4.78, 5) is 6.16. The maximum atomic E-state index is 12.2. The first-order valence-electron chi connectivity index (χ1n) is 6.88. The SMILES string of the molecule is COCC(C)NC(N)=NCCNS(=O)(=O)c1cc(C)sc1C. The lowest BCUT2D eigenvalue weighted by Gasteiger charge is -2.13. The Hall–Kier alpha value is -1.16. The van der Waals surface area contributed by atoms with Crippen LogP contribution in [0.5, 0.6) is 0 Å². The summed E-state index contributed by atoms with van der Waals surface area (Å²) < 4.78 is 31.8. The highest BCUT2D eigenvalue weighted by Crippen LogP contribution is 2.24. The van der Waals surface area contributed by atoms with E-state index in [-0.39, 0.29) is 25.1 Å². The summed E-state index contributed by atoms with van der Waals surface area (Å²) in [6, 6.07) is 1.72. The van der Waals surface area contributed by atoms with Gasteiger partial charge in [0.25, 0.3) is 0 Å². The summed E-state index contributed by atoms with van der Waals surface area (Å²) in [5, 5.41) is 2.95. The fourth-order valence-electron chi connectivity index (χ4n) is 1.90. The molecule has 0 bridgehead atoms. The van der Waals surface area contributed by atoms with E-state index in [1.54, 1.807) is 20.1 Å². The van der Waals surface area contributed by atoms with Crippen molar-refractivity contribution < 1.29 is 13.2 Å². The first-order chi connectivity index (χ1) is 10.3. The Morgan fingerprint density at radius 3 is 2.73 bits per heavy atom. The van der Waals surface area contributed by atoms with Crippen molar-refractivity contribution in [1.82, 2.24) is 10.0 Å². The first-order valence-corrected chi connectivity index (χ1v) is 9.18. The van der Waals surface area contributed by atoms with Crippen LogP contribution in [0, 0.1) is 13.8 Å². The highest BCUT2D eigenvalue weighted by atomic mass is 32.2. The average Bonchev–Trinajstić information content (AvgIpc) is 2.75. The number of hydrogen-bond donors (Lipinski definition) is 3. The summed E-state index contributed by atoms with van der Waals surface area (Å²) in [6.45, 7) is 6.56. The Kier molecular flexibility index (Phi) is 7.27. The van der Waals surface area contributed by atoms with E-state index >= 15 is 0 Å². The molecule has 0 fully saturated rings. The molecule has 1 atom stereocenters. The van der Waals surface area contributed by atoms with Crippen molar-refractivity contribution in [2.75, 3.05) is 26.8 Å². The predicted molar refractivity (Wildman–Crippen MR) is 89.9 cm³/mol. The maximum absolute atomic E-state index is 12.2. The molecule has 0 amide bonds. The highest BCUT2D eigenvalue weighted by Gasteiger charge is 2.18. The van der Waals surface area contributed by atoms with E-state index in [1.165, 1.54) is 11.3 Å². The van der Waals surface area contributed by atoms with E-state index in [0.717, 1.165) is 9.75 Å². The van der Waals surface area contributed by atoms with Gasteiger partial charge in [-0.3, -0.25) is 4.99 Å². The topological polar surface area (TPSA) is 106 Å². The number of nitrogens with one attached hydrogen (secondary N) is 2. The zero-order valence-electron chi connectivity index (χ0n) is 13.3. The Morgan fingerprint density at radius 1 is 1.50 bits per heavy atom. The van der Waals surface area contributed by atoms with E-state index in [2.05, 4.69) is 15.0 Å². The van der Waals surface area contributed by atoms with Crippen molar-refractivity contribution in [3.63, 3.8) is 0 Å². The molecule has 1 unspecified atom stereocenters. The van der Waals surface area contributed by atoms with Crippen molar-refractivity contribution >= 4 is 27.3 Å². The third kappa shape index (κ3) is 5.91. The summed E-state index contributed by atoms with van der Waals surface area (Å²) >= 11 is 1.46. The number of guanidine groups is 1. The molecule has 9 heteroatoms. The van der Waals surface area contributed by atoms with Crippen LogP contribution in [0.25, 0.3) is 0 Å². The average molecular weight is 348 g/mol. The van der Waals surface area contributed by atoms with Crippen LogP contribution in [0.1, 0.15) is 16.7 Å². The van der Waals surface area contributed by atoms with Crippen LogP contribution < -0.4 is 15.8 Å². The minimum Gasteiger partial charge on any atom is -0.383 e. The molecule has 0 spiro atoms. The van der Waals surface area contributed by atoms with Crippen LogP contribution in [0.3, 0.4) is 0 Å². The van der Waals surface area contributed by atoms with Gasteiger partial charge in [0.15, 0.2) is 5.96 Å². The normalized spacial score (nSPS) is 14.1. The second kappa shape index (κ2) is 8.47. The molecule has 22 heavy (non-hydrogen) atoms. The van der Waals surface area contributed by atoms with Gasteiger partial charge >= 0.3 is 0 Å². The number of rotatable bonds is 8. The van der Waals surface area contributed by atoms with Crippen molar-refractivity contribution in [3.8, 4) is 0 Å². The smallest absolute Gasteiger partial charge is 0.241 e. The Bertz CT molecular complexity index is 611. The van der Waals surface area contributed by atoms with Gasteiger partial charge in [0.1, 0.15) is 0 Å². The monoisotopic (exact) mass is 348 g/mol. The number of nitrogens with zero attached hydrogens (tertiary/aromatic N) is 1. The van der Waals surface area contributed by atoms with Crippen LogP contribution >= 0.6 is 11.3 Å². The molecule has 1 aromatic heterocycles. The Labute approximate surface area is 136 Å². The number of thiophene rings is 1. The zero-order chi connectivity index (χ0) is 16.8. The number of sulfonamides is 1. The second-order valence-electron chi connectivity index (χ2n) is 4.94. The van der Waals surface area contributed by atoms with E-state index in [1.807, 2.05) is 13.8 Å². The molecule has 0 aliphatic rings. The number of nitrogens with two attached hydrogens (primary N) is 1. The number of hydrogen-bond acceptors (Lipinski definition) is 5. The van der Waals surface area contributed by atoms with Crippen molar-refractivity contribution in [2.24, 2.45) is 10.7 Å². The predicted octanol–water partition coefficient (Wildman–Crippen LogP) is 0.582. The lowest BCUT2D eigenvalue weighted by atomic mass is 10.4. The molecule has 0 aliphatic carbocycles. The molecule has 126 valence electrons. The summed E-state index contributed by atoms with van der Waals surface area (Å²) in [6.07, 6.45) is 0. The summed E-state index contributed by atoms with van der Waals surface area (Å²) in [5.41, 5.74) is 5.70. The van der Waals surface area contributed by atoms with Gasteiger partial charge in [-0.25, -0.2) is 13.1 Å². The van der Waals surface area contributed by atoms with Crippen molar-refractivity contribution in [2.45, 2.75) is 31.7 Å². The van der Waals surface area contributed by atoms with Gasteiger partial charge in [0.05, 0.1) is 18.0 Å². The first kappa shape index (κ1) is 18.9. The minimum absolute atomic E-state index is 0.0434. The van der Waals surface area contributed by atoms with Gasteiger partial charge in [-0.05, 0) is 26.8 Å². The quantitative estimate of drug-likeness (QED) is 0.362. The van der Waals surface area contributed by atoms with E-state index < -0.39 is 10.0 Å². The number of methoxy groups -OCH3 is 1. The molecule has 0 radical (unpaired) electrons. The zero-order valence-corrected chi connectivity index (χ0v) is 15.0. The summed E-state index contributed by atoms with van der Waals surface area (Å²) in [7, 11) is -1.88. The summed E-state index contributed by atoms with van der Waals surface area (Å²) in [5.74, 6) is 0.270. The molecule has 1 heterocycles. The largest absolute Gasteiger partial charge is 0.383 e. The van der Waals surface area contributed by atoms with Gasteiger partial charge in [0.2, 0.25) is 10.0 Å². The van der Waals surface area contributed by atoms with Crippen LogP contribution in [-0.2, 0) is 14.8 Å². The van der Waals surface area contributed by atoms with Crippen molar-refractivity contribution in [1.29, 1.82) is 0 Å². The third-order valence-electron chi connectivity index (χ3n) is 2.78. The van der Waals surface area contributed by atoms with Gasteiger partial charge in [0, 0.05) is 29.5 Å². The van der Waals surface area contributed by atoms with Crippen LogP contribution in [-0.4, -0.2) is 47.2 Å². The number of ether oxygens (including phenoxy) is 1. The molecule has 0 saturated heterocycles. The van der Waals surface area contributed by atoms with Gasteiger partial charge in [-0.2, -0.15) is 0 Å². The fourth-order valence-corrected chi connectivity index (χ4v) is 4.47. The standard InChI is InChI=1S/C13H24N4O3S2/c1-9(8-20-4)17-13(14)15-5-6-16-22(18,19)12-7-10(2)21-11(12)3/h7,9,16H,5-6,8H2,1-4H3,(H3,14,15,17). The van der Waals surface area contributed by atoms with Gasteiger partial charge < -0.3 is 15.8 Å². The number of aliphatic imine (C=N–C) groups is 1. The van der Waals surface area contributed by atoms with E-state index in [4.69, 9.17) is 10.5 Å². The van der Waals surface area contributed by atoms with E-state index in [9.17, 15) is 8.42 Å². The van der Waals surface area contributed by atoms with E-state index in [0.29, 0.717) is 11.5 Å². The highest BCUT2D eigenvalue weighted by molar-refractivity contribution is 7.89. The molecule has 0 saturated carbocycles. The fraction of sp³-hybridized carbons (Fsp3) is 0.615. The lowest BCUT2D eigenvalue weighted by molar-refractivity contribution is 0.179. The minimum atomic E-state index is -3.49. The molecule has 7 nitrogen and oxygen atoms in total. The van der Waals surface area contributed by atoms with Gasteiger partial charge in [-0.1, -0.05) is 0 Å². The van der Waals surface area contributed by atoms with Crippen LogP contribution in [0.15, 0.2) is 16.0 Å². The Balaban J connectivity index is 2.48.